The molecule has 0 aliphatic carbocycles. The van der Waals surface area contributed by atoms with Gasteiger partial charge in [-0.3, -0.25) is 0 Å². The van der Waals surface area contributed by atoms with Crippen LogP contribution in [0.5, 0.6) is 0 Å². The summed E-state index contributed by atoms with van der Waals surface area (Å²) in [5.74, 6) is 0.455. The maximum absolute atomic E-state index is 12.5. The van der Waals surface area contributed by atoms with E-state index in [2.05, 4.69) is 15.3 Å². The summed E-state index contributed by atoms with van der Waals surface area (Å²) in [5.41, 5.74) is 2.03. The lowest BCUT2D eigenvalue weighted by Crippen LogP contribution is -2.10. The number of nitrogens with zero attached hydrogens (tertiary/aromatic N) is 2. The number of esters is 2. The van der Waals surface area contributed by atoms with Crippen LogP contribution in [0.2, 0.25) is 0 Å². The molecule has 1 N–H and O–H groups in total. The fraction of sp³-hybridized carbons (Fsp3) is 0.391. The molecule has 3 aromatic rings. The Morgan fingerprint density at radius 1 is 0.968 bits per heavy atom. The van der Waals surface area contributed by atoms with Crippen molar-refractivity contribution in [1.29, 1.82) is 0 Å². The van der Waals surface area contributed by atoms with Crippen LogP contribution in [0.3, 0.4) is 0 Å². The lowest BCUT2D eigenvalue weighted by molar-refractivity contribution is 0.0453. The second kappa shape index (κ2) is 9.87. The number of hydrogen-bond donors (Lipinski definition) is 1. The molecule has 0 bridgehead atoms. The van der Waals surface area contributed by atoms with E-state index in [-0.39, 0.29) is 23.8 Å². The van der Waals surface area contributed by atoms with Gasteiger partial charge >= 0.3 is 11.9 Å². The van der Waals surface area contributed by atoms with Crippen molar-refractivity contribution in [1.82, 2.24) is 9.97 Å². The van der Waals surface area contributed by atoms with E-state index >= 15 is 0 Å². The number of carbonyl (C=O) groups excluding carboxylic acids is 2. The average molecular weight is 442 g/mol. The van der Waals surface area contributed by atoms with Crippen molar-refractivity contribution in [3.05, 3.63) is 46.6 Å². The number of hydrogen-bond acceptors (Lipinski definition) is 8. The van der Waals surface area contributed by atoms with Gasteiger partial charge in [0, 0.05) is 5.69 Å². The minimum Gasteiger partial charge on any atom is -0.462 e. The summed E-state index contributed by atoms with van der Waals surface area (Å²) in [6.07, 6.45) is 1.46. The third-order valence-corrected chi connectivity index (χ3v) is 5.57. The average Bonchev–Trinajstić information content (AvgIpc) is 3.08. The van der Waals surface area contributed by atoms with Crippen molar-refractivity contribution in [3.63, 3.8) is 0 Å². The van der Waals surface area contributed by atoms with Gasteiger partial charge in [-0.25, -0.2) is 19.6 Å². The Bertz CT molecular complexity index is 1070. The van der Waals surface area contributed by atoms with Gasteiger partial charge in [-0.1, -0.05) is 27.7 Å². The molecule has 0 saturated heterocycles. The number of aryl methyl sites for hydroxylation is 1. The molecular weight excluding hydrogens is 414 g/mol. The van der Waals surface area contributed by atoms with E-state index in [0.717, 1.165) is 16.6 Å². The monoisotopic (exact) mass is 441 g/mol. The molecule has 164 valence electrons. The van der Waals surface area contributed by atoms with Crippen molar-refractivity contribution >= 4 is 45.0 Å². The normalized spacial score (nSPS) is 11.2. The largest absolute Gasteiger partial charge is 0.462 e. The standard InChI is InChI=1S/C23H27N3O4S/c1-13(2)10-29-22(27)16-6-8-17(9-7-16)26-20-18-15(5)19(23(28)30-11-14(3)4)31-21(18)25-12-24-20/h6-9,12-14H,10-11H2,1-5H3,(H,24,25,26). The van der Waals surface area contributed by atoms with E-state index in [1.54, 1.807) is 24.3 Å². The van der Waals surface area contributed by atoms with Crippen LogP contribution in [0.25, 0.3) is 10.2 Å². The lowest BCUT2D eigenvalue weighted by atomic mass is 10.2. The first-order valence-electron chi connectivity index (χ1n) is 10.2. The highest BCUT2D eigenvalue weighted by Crippen LogP contribution is 2.35. The van der Waals surface area contributed by atoms with Crippen LogP contribution in [0.1, 0.15) is 53.3 Å². The van der Waals surface area contributed by atoms with Crippen molar-refractivity contribution in [2.45, 2.75) is 34.6 Å². The fourth-order valence-corrected chi connectivity index (χ4v) is 3.86. The Labute approximate surface area is 185 Å². The molecule has 31 heavy (non-hydrogen) atoms. The Morgan fingerprint density at radius 3 is 2.19 bits per heavy atom. The maximum Gasteiger partial charge on any atom is 0.348 e. The van der Waals surface area contributed by atoms with Gasteiger partial charge in [-0.2, -0.15) is 0 Å². The van der Waals surface area contributed by atoms with Gasteiger partial charge in [0.2, 0.25) is 0 Å². The zero-order chi connectivity index (χ0) is 22.5. The number of carbonyl (C=O) groups is 2. The van der Waals surface area contributed by atoms with Gasteiger partial charge in [0.1, 0.15) is 21.9 Å². The summed E-state index contributed by atoms with van der Waals surface area (Å²) in [7, 11) is 0. The summed E-state index contributed by atoms with van der Waals surface area (Å²) >= 11 is 1.30. The van der Waals surface area contributed by atoms with Crippen LogP contribution in [-0.2, 0) is 9.47 Å². The second-order valence-corrected chi connectivity index (χ2v) is 9.14. The molecule has 0 aliphatic rings. The number of thiophene rings is 1. The predicted molar refractivity (Wildman–Crippen MR) is 122 cm³/mol. The maximum atomic E-state index is 12.5. The van der Waals surface area contributed by atoms with Gasteiger partial charge in [-0.05, 0) is 48.6 Å². The number of anilines is 2. The third-order valence-electron chi connectivity index (χ3n) is 4.39. The molecule has 0 spiro atoms. The molecule has 7 nitrogen and oxygen atoms in total. The SMILES string of the molecule is Cc1c(C(=O)OCC(C)C)sc2ncnc(Nc3ccc(C(=O)OCC(C)C)cc3)c12. The van der Waals surface area contributed by atoms with Gasteiger partial charge in [0.05, 0.1) is 24.2 Å². The first-order chi connectivity index (χ1) is 14.8. The van der Waals surface area contributed by atoms with Gasteiger partial charge in [0.25, 0.3) is 0 Å². The molecule has 0 aliphatic heterocycles. The van der Waals surface area contributed by atoms with E-state index in [1.807, 2.05) is 34.6 Å². The summed E-state index contributed by atoms with van der Waals surface area (Å²) in [4.78, 5) is 34.5. The topological polar surface area (TPSA) is 90.4 Å². The quantitative estimate of drug-likeness (QED) is 0.470. The first kappa shape index (κ1) is 22.7. The molecule has 3 rings (SSSR count). The molecule has 2 heterocycles. The molecular formula is C23H27N3O4S. The molecule has 0 fully saturated rings. The smallest absolute Gasteiger partial charge is 0.348 e. The molecule has 0 atom stereocenters. The van der Waals surface area contributed by atoms with Crippen LogP contribution in [0.4, 0.5) is 11.5 Å². The Balaban J connectivity index is 1.80. The van der Waals surface area contributed by atoms with Crippen LogP contribution < -0.4 is 5.32 Å². The summed E-state index contributed by atoms with van der Waals surface area (Å²) in [6.45, 7) is 10.6. The molecule has 0 amide bonds. The minimum atomic E-state index is -0.345. The molecule has 2 aromatic heterocycles. The Morgan fingerprint density at radius 2 is 1.58 bits per heavy atom. The zero-order valence-corrected chi connectivity index (χ0v) is 19.2. The number of rotatable bonds is 8. The lowest BCUT2D eigenvalue weighted by Gasteiger charge is -2.10. The number of benzene rings is 1. The minimum absolute atomic E-state index is 0.265. The van der Waals surface area contributed by atoms with E-state index in [0.29, 0.717) is 34.3 Å². The third kappa shape index (κ3) is 5.58. The number of nitrogens with one attached hydrogen (secondary N) is 1. The van der Waals surface area contributed by atoms with E-state index in [4.69, 9.17) is 9.47 Å². The van der Waals surface area contributed by atoms with Gasteiger partial charge in [-0.15, -0.1) is 11.3 Å². The Kier molecular flexibility index (Phi) is 7.22. The Hall–Kier alpha value is -3.00. The van der Waals surface area contributed by atoms with Crippen molar-refractivity contribution in [2.24, 2.45) is 11.8 Å². The molecule has 1 aromatic carbocycles. The van der Waals surface area contributed by atoms with Gasteiger partial charge in [0.15, 0.2) is 0 Å². The van der Waals surface area contributed by atoms with Crippen molar-refractivity contribution in [2.75, 3.05) is 18.5 Å². The summed E-state index contributed by atoms with van der Waals surface area (Å²) in [5, 5.41) is 4.04. The highest BCUT2D eigenvalue weighted by atomic mass is 32.1. The van der Waals surface area contributed by atoms with E-state index < -0.39 is 0 Å². The summed E-state index contributed by atoms with van der Waals surface area (Å²) in [6, 6.07) is 7.00. The van der Waals surface area contributed by atoms with Crippen LogP contribution in [0, 0.1) is 18.8 Å². The highest BCUT2D eigenvalue weighted by molar-refractivity contribution is 7.20. The van der Waals surface area contributed by atoms with Crippen molar-refractivity contribution < 1.29 is 19.1 Å². The zero-order valence-electron chi connectivity index (χ0n) is 18.4. The molecule has 0 saturated carbocycles. The fourth-order valence-electron chi connectivity index (χ4n) is 2.82. The van der Waals surface area contributed by atoms with Crippen molar-refractivity contribution in [3.8, 4) is 0 Å². The second-order valence-electron chi connectivity index (χ2n) is 8.15. The number of aromatic nitrogens is 2. The molecule has 0 radical (unpaired) electrons. The van der Waals surface area contributed by atoms with Crippen LogP contribution in [0.15, 0.2) is 30.6 Å². The van der Waals surface area contributed by atoms with E-state index in [9.17, 15) is 9.59 Å². The van der Waals surface area contributed by atoms with Crippen LogP contribution >= 0.6 is 11.3 Å². The van der Waals surface area contributed by atoms with Crippen LogP contribution in [-0.4, -0.2) is 35.1 Å². The predicted octanol–water partition coefficient (Wildman–Crippen LogP) is 5.37. The number of fused-ring (bicyclic) bond motifs is 1. The highest BCUT2D eigenvalue weighted by Gasteiger charge is 2.21. The first-order valence-corrected chi connectivity index (χ1v) is 11.0. The molecule has 0 unspecified atom stereocenters. The summed E-state index contributed by atoms with van der Waals surface area (Å²) < 4.78 is 10.6. The molecule has 8 heteroatoms. The van der Waals surface area contributed by atoms with E-state index in [1.165, 1.54) is 17.7 Å². The number of ether oxygens (including phenoxy) is 2. The van der Waals surface area contributed by atoms with Gasteiger partial charge < -0.3 is 14.8 Å².